The van der Waals surface area contributed by atoms with E-state index < -0.39 is 0 Å². The SMILES string of the molecule is Cc1nn(CC(C)C)c(C)c1CC(=O)Nc1ccnn1C1CCCCC1. The van der Waals surface area contributed by atoms with E-state index in [1.54, 1.807) is 6.20 Å². The smallest absolute Gasteiger partial charge is 0.230 e. The molecule has 2 heterocycles. The summed E-state index contributed by atoms with van der Waals surface area (Å²) in [6, 6.07) is 2.31. The number of carbonyl (C=O) groups is 1. The third kappa shape index (κ3) is 4.17. The Hall–Kier alpha value is -2.11. The molecular formula is C20H31N5O. The Balaban J connectivity index is 1.69. The third-order valence-electron chi connectivity index (χ3n) is 5.27. The van der Waals surface area contributed by atoms with E-state index in [0.29, 0.717) is 18.4 Å². The van der Waals surface area contributed by atoms with E-state index in [1.165, 1.54) is 19.3 Å². The predicted octanol–water partition coefficient (Wildman–Crippen LogP) is 4.04. The average Bonchev–Trinajstić information content (AvgIpc) is 3.15. The maximum Gasteiger partial charge on any atom is 0.230 e. The molecule has 6 nitrogen and oxygen atoms in total. The summed E-state index contributed by atoms with van der Waals surface area (Å²) in [6.07, 6.45) is 8.21. The highest BCUT2D eigenvalue weighted by atomic mass is 16.1. The summed E-state index contributed by atoms with van der Waals surface area (Å²) in [5.74, 6) is 1.34. The van der Waals surface area contributed by atoms with Gasteiger partial charge in [-0.15, -0.1) is 0 Å². The Morgan fingerprint density at radius 3 is 2.69 bits per heavy atom. The molecule has 26 heavy (non-hydrogen) atoms. The van der Waals surface area contributed by atoms with Crippen molar-refractivity contribution in [2.24, 2.45) is 5.92 Å². The minimum Gasteiger partial charge on any atom is -0.311 e. The topological polar surface area (TPSA) is 64.7 Å². The molecule has 0 unspecified atom stereocenters. The summed E-state index contributed by atoms with van der Waals surface area (Å²) >= 11 is 0. The molecule has 1 N–H and O–H groups in total. The lowest BCUT2D eigenvalue weighted by Gasteiger charge is -2.23. The normalized spacial score (nSPS) is 15.6. The van der Waals surface area contributed by atoms with Crippen molar-refractivity contribution in [1.82, 2.24) is 19.6 Å². The van der Waals surface area contributed by atoms with Crippen LogP contribution in [0.25, 0.3) is 0 Å². The van der Waals surface area contributed by atoms with Gasteiger partial charge in [-0.1, -0.05) is 33.1 Å². The lowest BCUT2D eigenvalue weighted by Crippen LogP contribution is -2.21. The lowest BCUT2D eigenvalue weighted by molar-refractivity contribution is -0.115. The maximum absolute atomic E-state index is 12.7. The van der Waals surface area contributed by atoms with E-state index in [-0.39, 0.29) is 5.91 Å². The average molecular weight is 358 g/mol. The summed E-state index contributed by atoms with van der Waals surface area (Å²) < 4.78 is 4.02. The van der Waals surface area contributed by atoms with Gasteiger partial charge in [0.15, 0.2) is 0 Å². The molecule has 0 aliphatic heterocycles. The molecule has 0 spiro atoms. The van der Waals surface area contributed by atoms with E-state index >= 15 is 0 Å². The van der Waals surface area contributed by atoms with Gasteiger partial charge >= 0.3 is 0 Å². The highest BCUT2D eigenvalue weighted by molar-refractivity contribution is 5.91. The first-order valence-electron chi connectivity index (χ1n) is 9.82. The molecule has 1 aliphatic carbocycles. The van der Waals surface area contributed by atoms with Crippen molar-refractivity contribution < 1.29 is 4.79 Å². The summed E-state index contributed by atoms with van der Waals surface area (Å²) in [4.78, 5) is 12.7. The lowest BCUT2D eigenvalue weighted by atomic mass is 9.96. The van der Waals surface area contributed by atoms with Gasteiger partial charge in [-0.3, -0.25) is 9.48 Å². The zero-order valence-electron chi connectivity index (χ0n) is 16.5. The Kier molecular flexibility index (Phi) is 5.79. The Bertz CT molecular complexity index is 752. The molecule has 0 aromatic carbocycles. The van der Waals surface area contributed by atoms with Crippen LogP contribution in [0, 0.1) is 19.8 Å². The predicted molar refractivity (Wildman–Crippen MR) is 103 cm³/mol. The summed E-state index contributed by atoms with van der Waals surface area (Å²) in [5.41, 5.74) is 3.07. The minimum absolute atomic E-state index is 0.00198. The fourth-order valence-electron chi connectivity index (χ4n) is 3.89. The van der Waals surface area contributed by atoms with Crippen LogP contribution in [0.4, 0.5) is 5.82 Å². The molecule has 3 rings (SSSR count). The van der Waals surface area contributed by atoms with Gasteiger partial charge in [0, 0.05) is 23.9 Å². The van der Waals surface area contributed by atoms with Gasteiger partial charge < -0.3 is 5.32 Å². The molecule has 2 aromatic heterocycles. The number of aryl methyl sites for hydroxylation is 1. The molecule has 1 amide bonds. The van der Waals surface area contributed by atoms with E-state index in [9.17, 15) is 4.79 Å². The number of rotatable bonds is 6. The van der Waals surface area contributed by atoms with Crippen molar-refractivity contribution in [1.29, 1.82) is 0 Å². The van der Waals surface area contributed by atoms with Crippen LogP contribution in [0.3, 0.4) is 0 Å². The van der Waals surface area contributed by atoms with Crippen molar-refractivity contribution in [2.75, 3.05) is 5.32 Å². The summed E-state index contributed by atoms with van der Waals surface area (Å²) in [7, 11) is 0. The Morgan fingerprint density at radius 2 is 2.00 bits per heavy atom. The second-order valence-corrected chi connectivity index (χ2v) is 7.90. The van der Waals surface area contributed by atoms with E-state index in [2.05, 4.69) is 36.3 Å². The number of amides is 1. The van der Waals surface area contributed by atoms with Crippen molar-refractivity contribution in [3.05, 3.63) is 29.2 Å². The number of nitrogens with one attached hydrogen (secondary N) is 1. The highest BCUT2D eigenvalue weighted by Gasteiger charge is 2.20. The standard InChI is InChI=1S/C20H31N5O/c1-14(2)13-24-16(4)18(15(3)23-24)12-20(26)22-19-10-11-21-25(19)17-8-6-5-7-9-17/h10-11,14,17H,5-9,12-13H2,1-4H3,(H,22,26). The summed E-state index contributed by atoms with van der Waals surface area (Å²) in [6.45, 7) is 9.27. The molecular weight excluding hydrogens is 326 g/mol. The monoisotopic (exact) mass is 357 g/mol. The number of anilines is 1. The van der Waals surface area contributed by atoms with Crippen LogP contribution in [0.15, 0.2) is 12.3 Å². The van der Waals surface area contributed by atoms with Gasteiger partial charge in [-0.2, -0.15) is 10.2 Å². The number of hydrogen-bond acceptors (Lipinski definition) is 3. The van der Waals surface area contributed by atoms with Gasteiger partial charge in [0.05, 0.1) is 24.4 Å². The van der Waals surface area contributed by atoms with Crippen LogP contribution in [0.1, 0.15) is 68.9 Å². The third-order valence-corrected chi connectivity index (χ3v) is 5.27. The molecule has 0 bridgehead atoms. The van der Waals surface area contributed by atoms with Crippen molar-refractivity contribution in [3.63, 3.8) is 0 Å². The van der Waals surface area contributed by atoms with Crippen molar-refractivity contribution >= 4 is 11.7 Å². The van der Waals surface area contributed by atoms with Crippen LogP contribution in [-0.2, 0) is 17.8 Å². The first kappa shape index (κ1) is 18.7. The van der Waals surface area contributed by atoms with Crippen molar-refractivity contribution in [3.8, 4) is 0 Å². The zero-order chi connectivity index (χ0) is 18.7. The second kappa shape index (κ2) is 8.06. The first-order chi connectivity index (χ1) is 12.5. The summed E-state index contributed by atoms with van der Waals surface area (Å²) in [5, 5.41) is 12.1. The molecule has 0 atom stereocenters. The fourth-order valence-corrected chi connectivity index (χ4v) is 3.89. The molecule has 6 heteroatoms. The van der Waals surface area contributed by atoms with Gasteiger partial charge in [0.2, 0.25) is 5.91 Å². The zero-order valence-corrected chi connectivity index (χ0v) is 16.5. The Labute approximate surface area is 156 Å². The molecule has 1 fully saturated rings. The van der Waals surface area contributed by atoms with Crippen LogP contribution in [0.2, 0.25) is 0 Å². The van der Waals surface area contributed by atoms with Gasteiger partial charge in [0.25, 0.3) is 0 Å². The van der Waals surface area contributed by atoms with E-state index in [0.717, 1.165) is 42.2 Å². The maximum atomic E-state index is 12.7. The molecule has 1 saturated carbocycles. The van der Waals surface area contributed by atoms with Crippen LogP contribution in [0.5, 0.6) is 0 Å². The number of nitrogens with zero attached hydrogens (tertiary/aromatic N) is 4. The molecule has 142 valence electrons. The minimum atomic E-state index is -0.00198. The van der Waals surface area contributed by atoms with Crippen LogP contribution < -0.4 is 5.32 Å². The number of carbonyl (C=O) groups excluding carboxylic acids is 1. The first-order valence-corrected chi connectivity index (χ1v) is 9.82. The molecule has 0 saturated heterocycles. The van der Waals surface area contributed by atoms with E-state index in [4.69, 9.17) is 0 Å². The van der Waals surface area contributed by atoms with Crippen LogP contribution in [-0.4, -0.2) is 25.5 Å². The molecule has 2 aromatic rings. The fraction of sp³-hybridized carbons (Fsp3) is 0.650. The van der Waals surface area contributed by atoms with Crippen molar-refractivity contribution in [2.45, 2.75) is 78.8 Å². The van der Waals surface area contributed by atoms with Crippen LogP contribution >= 0.6 is 0 Å². The second-order valence-electron chi connectivity index (χ2n) is 7.90. The molecule has 0 radical (unpaired) electrons. The highest BCUT2D eigenvalue weighted by Crippen LogP contribution is 2.30. The number of hydrogen-bond donors (Lipinski definition) is 1. The number of aromatic nitrogens is 4. The van der Waals surface area contributed by atoms with E-state index in [1.807, 2.05) is 22.4 Å². The Morgan fingerprint density at radius 1 is 1.27 bits per heavy atom. The van der Waals surface area contributed by atoms with Gasteiger partial charge in [-0.25, -0.2) is 4.68 Å². The quantitative estimate of drug-likeness (QED) is 0.848. The molecule has 1 aliphatic rings. The van der Waals surface area contributed by atoms with Gasteiger partial charge in [-0.05, 0) is 32.6 Å². The largest absolute Gasteiger partial charge is 0.311 e. The van der Waals surface area contributed by atoms with Gasteiger partial charge in [0.1, 0.15) is 5.82 Å².